The average Bonchev–Trinajstić information content (AvgIpc) is 1.64. The number of rotatable bonds is 3. The number of ether oxygens (including phenoxy) is 1. The van der Waals surface area contributed by atoms with Gasteiger partial charge < -0.3 is 4.74 Å². The Hall–Kier alpha value is -1.08. The molecule has 0 heterocycles. The molecule has 0 N–H and O–H groups in total. The van der Waals surface area contributed by atoms with E-state index in [4.69, 9.17) is 0 Å². The Bertz CT molecular complexity index is 142. The van der Waals surface area contributed by atoms with Gasteiger partial charge in [-0.05, 0) is 13.8 Å². The first-order valence-corrected chi connectivity index (χ1v) is 2.46. The van der Waals surface area contributed by atoms with E-state index < -0.39 is 5.60 Å². The molecule has 0 amide bonds. The largest absolute Gasteiger partial charge is 0.457 e. The zero-order valence-electron chi connectivity index (χ0n) is 5.38. The van der Waals surface area contributed by atoms with Crippen molar-refractivity contribution < 1.29 is 14.3 Å². The zero-order valence-corrected chi connectivity index (χ0v) is 5.38. The fourth-order valence-electron chi connectivity index (χ4n) is 0.300. The van der Waals surface area contributed by atoms with Gasteiger partial charge in [-0.15, -0.1) is 0 Å². The minimum atomic E-state index is -0.816. The molecule has 0 aromatic carbocycles. The van der Waals surface area contributed by atoms with Gasteiger partial charge in [0.2, 0.25) is 0 Å². The standard InChI is InChI=1S/C6H8O3/c1-6(2,3-4-7)9-5-8/h3,5H,1-2H3. The molecule has 0 aliphatic rings. The summed E-state index contributed by atoms with van der Waals surface area (Å²) in [5.41, 5.74) is -0.816. The molecule has 3 nitrogen and oxygen atoms in total. The maximum Gasteiger partial charge on any atom is 0.293 e. The van der Waals surface area contributed by atoms with Crippen LogP contribution in [0.5, 0.6) is 0 Å². The van der Waals surface area contributed by atoms with Gasteiger partial charge in [0.25, 0.3) is 6.47 Å². The summed E-state index contributed by atoms with van der Waals surface area (Å²) in [5, 5.41) is 0. The van der Waals surface area contributed by atoms with Gasteiger partial charge in [-0.1, -0.05) is 0 Å². The molecule has 0 spiro atoms. The molecular weight excluding hydrogens is 120 g/mol. The Morgan fingerprint density at radius 2 is 2.11 bits per heavy atom. The highest BCUT2D eigenvalue weighted by atomic mass is 16.5. The number of carbonyl (C=O) groups is 1. The Morgan fingerprint density at radius 3 is 2.44 bits per heavy atom. The van der Waals surface area contributed by atoms with Crippen LogP contribution in [-0.4, -0.2) is 18.0 Å². The molecule has 3 heteroatoms. The van der Waals surface area contributed by atoms with Gasteiger partial charge in [-0.2, -0.15) is 0 Å². The van der Waals surface area contributed by atoms with Gasteiger partial charge in [0.15, 0.2) is 0 Å². The summed E-state index contributed by atoms with van der Waals surface area (Å²) in [4.78, 5) is 19.4. The molecule has 0 aromatic rings. The van der Waals surface area contributed by atoms with Crippen LogP contribution in [0, 0.1) is 0 Å². The fourth-order valence-corrected chi connectivity index (χ4v) is 0.300. The zero-order chi connectivity index (χ0) is 7.33. The highest BCUT2D eigenvalue weighted by Gasteiger charge is 2.13. The van der Waals surface area contributed by atoms with Crippen LogP contribution in [0.1, 0.15) is 13.8 Å². The van der Waals surface area contributed by atoms with Crippen molar-refractivity contribution in [2.75, 3.05) is 0 Å². The summed E-state index contributed by atoms with van der Waals surface area (Å²) in [5.74, 6) is 1.53. The van der Waals surface area contributed by atoms with E-state index in [-0.39, 0.29) is 0 Å². The quantitative estimate of drug-likeness (QED) is 0.406. The second-order valence-corrected chi connectivity index (χ2v) is 2.08. The number of hydrogen-bond donors (Lipinski definition) is 0. The van der Waals surface area contributed by atoms with Crippen LogP contribution in [-0.2, 0) is 14.3 Å². The van der Waals surface area contributed by atoms with Crippen LogP contribution in [0.4, 0.5) is 0 Å². The first-order chi connectivity index (χ1) is 4.12. The molecule has 0 saturated carbocycles. The molecule has 0 atom stereocenters. The Kier molecular flexibility index (Phi) is 2.68. The second-order valence-electron chi connectivity index (χ2n) is 2.08. The lowest BCUT2D eigenvalue weighted by molar-refractivity contribution is -0.136. The van der Waals surface area contributed by atoms with E-state index in [1.54, 1.807) is 13.8 Å². The summed E-state index contributed by atoms with van der Waals surface area (Å²) in [6, 6.07) is 0. The molecule has 0 aliphatic carbocycles. The lowest BCUT2D eigenvalue weighted by Gasteiger charge is -2.14. The fraction of sp³-hybridized carbons (Fsp3) is 0.500. The van der Waals surface area contributed by atoms with Crippen molar-refractivity contribution in [3.63, 3.8) is 0 Å². The van der Waals surface area contributed by atoms with E-state index in [1.165, 1.54) is 5.94 Å². The smallest absolute Gasteiger partial charge is 0.293 e. The average molecular weight is 128 g/mol. The molecule has 0 rings (SSSR count). The Labute approximate surface area is 53.3 Å². The third kappa shape index (κ3) is 3.50. The molecule has 0 saturated heterocycles. The van der Waals surface area contributed by atoms with Crippen molar-refractivity contribution in [1.29, 1.82) is 0 Å². The van der Waals surface area contributed by atoms with Gasteiger partial charge >= 0.3 is 0 Å². The summed E-state index contributed by atoms with van der Waals surface area (Å²) in [7, 11) is 0. The van der Waals surface area contributed by atoms with Crippen LogP contribution < -0.4 is 0 Å². The Morgan fingerprint density at radius 1 is 1.56 bits per heavy atom. The van der Waals surface area contributed by atoms with Crippen molar-refractivity contribution in [2.45, 2.75) is 19.4 Å². The maximum atomic E-state index is 9.72. The molecule has 0 fully saturated rings. The molecule has 0 radical (unpaired) electrons. The highest BCUT2D eigenvalue weighted by molar-refractivity contribution is 5.49. The summed E-state index contributed by atoms with van der Waals surface area (Å²) >= 11 is 0. The second kappa shape index (κ2) is 3.05. The molecule has 0 aliphatic heterocycles. The molecule has 0 bridgehead atoms. The van der Waals surface area contributed by atoms with Crippen LogP contribution in [0.2, 0.25) is 0 Å². The van der Waals surface area contributed by atoms with Gasteiger partial charge in [-0.25, -0.2) is 4.79 Å². The van der Waals surface area contributed by atoms with E-state index in [0.717, 1.165) is 6.08 Å². The van der Waals surface area contributed by atoms with Crippen molar-refractivity contribution in [3.8, 4) is 0 Å². The SMILES string of the molecule is CC(C)(C=C=O)OC=O. The van der Waals surface area contributed by atoms with Gasteiger partial charge in [-0.3, -0.25) is 4.79 Å². The van der Waals surface area contributed by atoms with Crippen molar-refractivity contribution in [1.82, 2.24) is 0 Å². The lowest BCUT2D eigenvalue weighted by Crippen LogP contribution is -2.20. The summed E-state index contributed by atoms with van der Waals surface area (Å²) in [6.07, 6.45) is 1.14. The van der Waals surface area contributed by atoms with Crippen LogP contribution in [0.3, 0.4) is 0 Å². The minimum absolute atomic E-state index is 0.299. The first kappa shape index (κ1) is 7.92. The van der Waals surface area contributed by atoms with Gasteiger partial charge in [0, 0.05) is 6.08 Å². The van der Waals surface area contributed by atoms with Crippen LogP contribution >= 0.6 is 0 Å². The lowest BCUT2D eigenvalue weighted by atomic mass is 10.1. The summed E-state index contributed by atoms with van der Waals surface area (Å²) in [6.45, 7) is 3.48. The monoisotopic (exact) mass is 128 g/mol. The van der Waals surface area contributed by atoms with Crippen molar-refractivity contribution in [2.24, 2.45) is 0 Å². The van der Waals surface area contributed by atoms with Crippen molar-refractivity contribution >= 4 is 12.4 Å². The predicted molar refractivity (Wildman–Crippen MR) is 31.5 cm³/mol. The summed E-state index contributed by atoms with van der Waals surface area (Å²) < 4.78 is 4.47. The van der Waals surface area contributed by atoms with Gasteiger partial charge in [0.1, 0.15) is 11.5 Å². The third-order valence-electron chi connectivity index (χ3n) is 0.758. The highest BCUT2D eigenvalue weighted by Crippen LogP contribution is 2.06. The molecule has 50 valence electrons. The normalized spacial score (nSPS) is 9.56. The minimum Gasteiger partial charge on any atom is -0.457 e. The van der Waals surface area contributed by atoms with E-state index in [9.17, 15) is 9.59 Å². The molecule has 0 aromatic heterocycles. The van der Waals surface area contributed by atoms with Crippen LogP contribution in [0.25, 0.3) is 0 Å². The van der Waals surface area contributed by atoms with E-state index in [0.29, 0.717) is 6.47 Å². The maximum absolute atomic E-state index is 9.72. The van der Waals surface area contributed by atoms with Crippen LogP contribution in [0.15, 0.2) is 6.08 Å². The molecular formula is C6H8O3. The van der Waals surface area contributed by atoms with E-state index in [1.807, 2.05) is 0 Å². The first-order valence-electron chi connectivity index (χ1n) is 2.46. The van der Waals surface area contributed by atoms with Crippen molar-refractivity contribution in [3.05, 3.63) is 6.08 Å². The van der Waals surface area contributed by atoms with E-state index in [2.05, 4.69) is 4.74 Å². The number of hydrogen-bond acceptors (Lipinski definition) is 3. The third-order valence-corrected chi connectivity index (χ3v) is 0.758. The number of carbonyl (C=O) groups excluding carboxylic acids is 2. The Balaban J connectivity index is 3.99. The molecule has 0 unspecified atom stereocenters. The topological polar surface area (TPSA) is 43.4 Å². The van der Waals surface area contributed by atoms with Gasteiger partial charge in [0.05, 0.1) is 0 Å². The van der Waals surface area contributed by atoms with E-state index >= 15 is 0 Å². The molecule has 9 heavy (non-hydrogen) atoms. The predicted octanol–water partition coefficient (Wildman–Crippen LogP) is 0.326.